The van der Waals surface area contributed by atoms with E-state index in [1.807, 2.05) is 0 Å². The number of amides is 1. The van der Waals surface area contributed by atoms with Gasteiger partial charge in [-0.2, -0.15) is 0 Å². The Morgan fingerprint density at radius 3 is 1.96 bits per heavy atom. The fraction of sp³-hybridized carbons (Fsp3) is 0.950. The molecular weight excluding hydrogens is 284 g/mol. The number of nitrogens with one attached hydrogen (secondary N) is 1. The molecule has 1 amide bonds. The third kappa shape index (κ3) is 11.6. The molecule has 0 radical (unpaired) electrons. The van der Waals surface area contributed by atoms with Gasteiger partial charge in [-0.1, -0.05) is 58.8 Å². The summed E-state index contributed by atoms with van der Waals surface area (Å²) >= 11 is 0. The maximum absolute atomic E-state index is 11.9. The van der Waals surface area contributed by atoms with Crippen molar-refractivity contribution >= 4 is 5.91 Å². The monoisotopic (exact) mass is 324 g/mol. The van der Waals surface area contributed by atoms with E-state index in [9.17, 15) is 4.79 Å². The van der Waals surface area contributed by atoms with E-state index in [1.54, 1.807) is 0 Å². The van der Waals surface area contributed by atoms with Crippen molar-refractivity contribution in [2.24, 2.45) is 5.92 Å². The summed E-state index contributed by atoms with van der Waals surface area (Å²) in [5, 5.41) is 3.51. The number of carbonyl (C=O) groups is 1. The van der Waals surface area contributed by atoms with Gasteiger partial charge in [0.1, 0.15) is 0 Å². The van der Waals surface area contributed by atoms with Crippen molar-refractivity contribution in [1.82, 2.24) is 10.2 Å². The van der Waals surface area contributed by atoms with Crippen LogP contribution in [0.15, 0.2) is 0 Å². The molecule has 0 atom stereocenters. The molecule has 1 saturated heterocycles. The van der Waals surface area contributed by atoms with Crippen LogP contribution in [0, 0.1) is 5.92 Å². The standard InChI is InChI=1S/C20H40N2O/c1-19(2)18-21-15-11-9-7-5-3-4-6-8-10-14-20(23)22-16-12-13-17-22/h19,21H,3-18H2,1-2H3. The third-order valence-electron chi connectivity index (χ3n) is 4.76. The van der Waals surface area contributed by atoms with Crippen LogP contribution >= 0.6 is 0 Å². The van der Waals surface area contributed by atoms with E-state index in [2.05, 4.69) is 24.1 Å². The summed E-state index contributed by atoms with van der Waals surface area (Å²) in [6.45, 7) is 8.87. The van der Waals surface area contributed by atoms with Crippen molar-refractivity contribution in [3.05, 3.63) is 0 Å². The molecule has 0 aliphatic carbocycles. The zero-order valence-corrected chi connectivity index (χ0v) is 15.7. The Balaban J connectivity index is 1.74. The first kappa shape index (κ1) is 20.5. The number of rotatable bonds is 14. The molecule has 136 valence electrons. The zero-order chi connectivity index (χ0) is 16.8. The van der Waals surface area contributed by atoms with Crippen molar-refractivity contribution in [3.63, 3.8) is 0 Å². The van der Waals surface area contributed by atoms with Gasteiger partial charge in [-0.25, -0.2) is 0 Å². The van der Waals surface area contributed by atoms with Gasteiger partial charge in [-0.15, -0.1) is 0 Å². The molecule has 0 spiro atoms. The quantitative estimate of drug-likeness (QED) is 0.467. The number of carbonyl (C=O) groups excluding carboxylic acids is 1. The molecule has 1 fully saturated rings. The summed E-state index contributed by atoms with van der Waals surface area (Å²) in [5.41, 5.74) is 0. The number of likely N-dealkylation sites (tertiary alicyclic amines) is 1. The fourth-order valence-electron chi connectivity index (χ4n) is 3.28. The van der Waals surface area contributed by atoms with Crippen LogP contribution < -0.4 is 5.32 Å². The van der Waals surface area contributed by atoms with E-state index in [-0.39, 0.29) is 0 Å². The number of hydrogen-bond acceptors (Lipinski definition) is 2. The predicted octanol–water partition coefficient (Wildman–Crippen LogP) is 4.76. The molecule has 1 heterocycles. The molecule has 1 aliphatic heterocycles. The van der Waals surface area contributed by atoms with Crippen LogP contribution in [-0.4, -0.2) is 37.0 Å². The Kier molecular flexibility index (Phi) is 12.3. The highest BCUT2D eigenvalue weighted by molar-refractivity contribution is 5.76. The van der Waals surface area contributed by atoms with Crippen molar-refractivity contribution in [1.29, 1.82) is 0 Å². The van der Waals surface area contributed by atoms with Crippen LogP contribution in [0.25, 0.3) is 0 Å². The molecule has 0 bridgehead atoms. The van der Waals surface area contributed by atoms with Crippen molar-refractivity contribution in [2.45, 2.75) is 90.9 Å². The van der Waals surface area contributed by atoms with Crippen LogP contribution in [-0.2, 0) is 4.79 Å². The van der Waals surface area contributed by atoms with Gasteiger partial charge in [0.25, 0.3) is 0 Å². The van der Waals surface area contributed by atoms with E-state index < -0.39 is 0 Å². The predicted molar refractivity (Wildman–Crippen MR) is 99.7 cm³/mol. The van der Waals surface area contributed by atoms with E-state index in [4.69, 9.17) is 0 Å². The summed E-state index contributed by atoms with van der Waals surface area (Å²) in [6, 6.07) is 0. The fourth-order valence-corrected chi connectivity index (χ4v) is 3.28. The van der Waals surface area contributed by atoms with Crippen LogP contribution in [0.3, 0.4) is 0 Å². The number of nitrogens with zero attached hydrogens (tertiary/aromatic N) is 1. The van der Waals surface area contributed by atoms with Gasteiger partial charge in [-0.3, -0.25) is 4.79 Å². The Morgan fingerprint density at radius 1 is 0.870 bits per heavy atom. The van der Waals surface area contributed by atoms with Crippen LogP contribution in [0.4, 0.5) is 0 Å². The minimum atomic E-state index is 0.397. The lowest BCUT2D eigenvalue weighted by molar-refractivity contribution is -0.130. The lowest BCUT2D eigenvalue weighted by atomic mass is 10.1. The first-order valence-electron chi connectivity index (χ1n) is 10.2. The maximum Gasteiger partial charge on any atom is 0.222 e. The highest BCUT2D eigenvalue weighted by Crippen LogP contribution is 2.13. The summed E-state index contributed by atoms with van der Waals surface area (Å²) in [4.78, 5) is 13.9. The molecule has 0 saturated carbocycles. The van der Waals surface area contributed by atoms with E-state index in [0.717, 1.165) is 38.4 Å². The summed E-state index contributed by atoms with van der Waals surface area (Å²) in [5.74, 6) is 1.16. The Labute approximate surface area is 144 Å². The van der Waals surface area contributed by atoms with Gasteiger partial charge >= 0.3 is 0 Å². The molecule has 3 nitrogen and oxygen atoms in total. The average Bonchev–Trinajstić information content (AvgIpc) is 3.05. The summed E-state index contributed by atoms with van der Waals surface area (Å²) in [7, 11) is 0. The topological polar surface area (TPSA) is 32.3 Å². The number of hydrogen-bond donors (Lipinski definition) is 1. The minimum absolute atomic E-state index is 0.397. The third-order valence-corrected chi connectivity index (χ3v) is 4.76. The molecule has 1 aliphatic rings. The van der Waals surface area contributed by atoms with Gasteiger partial charge in [-0.05, 0) is 44.7 Å². The van der Waals surface area contributed by atoms with Gasteiger partial charge in [0, 0.05) is 19.5 Å². The zero-order valence-electron chi connectivity index (χ0n) is 15.7. The van der Waals surface area contributed by atoms with Crippen molar-refractivity contribution in [3.8, 4) is 0 Å². The molecular formula is C20H40N2O. The molecule has 0 unspecified atom stereocenters. The van der Waals surface area contributed by atoms with Crippen LogP contribution in [0.2, 0.25) is 0 Å². The van der Waals surface area contributed by atoms with E-state index in [1.165, 1.54) is 70.8 Å². The molecule has 3 heteroatoms. The maximum atomic E-state index is 11.9. The van der Waals surface area contributed by atoms with Crippen molar-refractivity contribution < 1.29 is 4.79 Å². The average molecular weight is 325 g/mol. The molecule has 0 aromatic rings. The van der Waals surface area contributed by atoms with E-state index >= 15 is 0 Å². The second-order valence-corrected chi connectivity index (χ2v) is 7.62. The van der Waals surface area contributed by atoms with Crippen molar-refractivity contribution in [2.75, 3.05) is 26.2 Å². The summed E-state index contributed by atoms with van der Waals surface area (Å²) in [6.07, 6.45) is 15.0. The molecule has 0 aromatic heterocycles. The minimum Gasteiger partial charge on any atom is -0.343 e. The Morgan fingerprint density at radius 2 is 1.39 bits per heavy atom. The molecule has 0 aromatic carbocycles. The Hall–Kier alpha value is -0.570. The SMILES string of the molecule is CC(C)CNCCCCCCCCCCCC(=O)N1CCCC1. The first-order chi connectivity index (χ1) is 11.2. The van der Waals surface area contributed by atoms with Gasteiger partial charge in [0.2, 0.25) is 5.91 Å². The van der Waals surface area contributed by atoms with Crippen LogP contribution in [0.1, 0.15) is 90.9 Å². The highest BCUT2D eigenvalue weighted by atomic mass is 16.2. The normalized spacial score (nSPS) is 14.8. The number of unbranched alkanes of at least 4 members (excludes halogenated alkanes) is 8. The highest BCUT2D eigenvalue weighted by Gasteiger charge is 2.16. The largest absolute Gasteiger partial charge is 0.343 e. The molecule has 1 rings (SSSR count). The van der Waals surface area contributed by atoms with Gasteiger partial charge in [0.05, 0.1) is 0 Å². The Bertz CT molecular complexity index is 285. The second kappa shape index (κ2) is 13.8. The lowest BCUT2D eigenvalue weighted by Gasteiger charge is -2.14. The first-order valence-corrected chi connectivity index (χ1v) is 10.2. The molecule has 1 N–H and O–H groups in total. The summed E-state index contributed by atoms with van der Waals surface area (Å²) < 4.78 is 0. The second-order valence-electron chi connectivity index (χ2n) is 7.62. The molecule has 23 heavy (non-hydrogen) atoms. The van der Waals surface area contributed by atoms with Gasteiger partial charge in [0.15, 0.2) is 0 Å². The van der Waals surface area contributed by atoms with Gasteiger partial charge < -0.3 is 10.2 Å². The smallest absolute Gasteiger partial charge is 0.222 e. The lowest BCUT2D eigenvalue weighted by Crippen LogP contribution is -2.27. The van der Waals surface area contributed by atoms with Crippen LogP contribution in [0.5, 0.6) is 0 Å². The van der Waals surface area contributed by atoms with E-state index in [0.29, 0.717) is 5.91 Å².